The maximum absolute atomic E-state index is 6.31. The summed E-state index contributed by atoms with van der Waals surface area (Å²) in [5, 5.41) is 7.07. The van der Waals surface area contributed by atoms with Crippen LogP contribution >= 0.6 is 0 Å². The van der Waals surface area contributed by atoms with Crippen molar-refractivity contribution in [2.75, 3.05) is 24.9 Å². The first-order chi connectivity index (χ1) is 20.5. The summed E-state index contributed by atoms with van der Waals surface area (Å²) in [6.45, 7) is 5.23. The first-order valence-electron chi connectivity index (χ1n) is 14.2. The number of nitrogens with one attached hydrogen (secondary N) is 2. The molecule has 0 amide bonds. The Labute approximate surface area is 246 Å². The molecule has 0 bridgehead atoms. The van der Waals surface area contributed by atoms with Gasteiger partial charge in [-0.2, -0.15) is 0 Å². The predicted molar refractivity (Wildman–Crippen MR) is 167 cm³/mol. The quantitative estimate of drug-likeness (QED) is 0.177. The monoisotopic (exact) mass is 561 g/mol. The summed E-state index contributed by atoms with van der Waals surface area (Å²) < 4.78 is 17.3. The molecule has 6 rings (SSSR count). The molecule has 8 nitrogen and oxygen atoms in total. The molecular weight excluding hydrogens is 526 g/mol. The van der Waals surface area contributed by atoms with E-state index in [4.69, 9.17) is 24.2 Å². The van der Waals surface area contributed by atoms with Gasteiger partial charge in [-0.15, -0.1) is 0 Å². The van der Waals surface area contributed by atoms with Gasteiger partial charge in [-0.3, -0.25) is 0 Å². The lowest BCUT2D eigenvalue weighted by Crippen LogP contribution is -2.08. The fourth-order valence-corrected chi connectivity index (χ4v) is 5.18. The molecule has 214 valence electrons. The number of aromatic nitrogens is 3. The van der Waals surface area contributed by atoms with E-state index in [9.17, 15) is 0 Å². The van der Waals surface area contributed by atoms with Crippen molar-refractivity contribution in [1.29, 1.82) is 0 Å². The van der Waals surface area contributed by atoms with E-state index in [-0.39, 0.29) is 0 Å². The number of rotatable bonds is 11. The van der Waals surface area contributed by atoms with Crippen molar-refractivity contribution >= 4 is 22.7 Å². The zero-order chi connectivity index (χ0) is 29.1. The number of methoxy groups -OCH3 is 2. The van der Waals surface area contributed by atoms with E-state index in [2.05, 4.69) is 53.7 Å². The molecule has 5 aromatic rings. The van der Waals surface area contributed by atoms with Crippen LogP contribution in [0.25, 0.3) is 22.2 Å². The topological polar surface area (TPSA) is 90.4 Å². The summed E-state index contributed by atoms with van der Waals surface area (Å²) in [5.74, 6) is 3.80. The Hall–Kier alpha value is -4.85. The molecular formula is C34H35N5O3. The van der Waals surface area contributed by atoms with Gasteiger partial charge in [-0.1, -0.05) is 36.4 Å². The molecule has 3 aromatic carbocycles. The van der Waals surface area contributed by atoms with Crippen molar-refractivity contribution in [3.8, 4) is 28.4 Å². The third kappa shape index (κ3) is 5.79. The Bertz CT molecular complexity index is 1720. The minimum Gasteiger partial charge on any atom is -0.497 e. The first-order valence-corrected chi connectivity index (χ1v) is 14.2. The van der Waals surface area contributed by atoms with Crippen LogP contribution in [0.1, 0.15) is 35.1 Å². The lowest BCUT2D eigenvalue weighted by molar-refractivity contribution is 0.304. The Morgan fingerprint density at radius 1 is 0.857 bits per heavy atom. The van der Waals surface area contributed by atoms with Crippen LogP contribution < -0.4 is 24.8 Å². The lowest BCUT2D eigenvalue weighted by atomic mass is 9.94. The first kappa shape index (κ1) is 27.3. The van der Waals surface area contributed by atoms with Crippen molar-refractivity contribution in [3.05, 3.63) is 95.3 Å². The van der Waals surface area contributed by atoms with Crippen LogP contribution in [-0.4, -0.2) is 35.2 Å². The van der Waals surface area contributed by atoms with Gasteiger partial charge in [0.25, 0.3) is 0 Å². The van der Waals surface area contributed by atoms with Crippen LogP contribution in [0.4, 0.5) is 11.6 Å². The molecule has 1 saturated carbocycles. The van der Waals surface area contributed by atoms with Crippen LogP contribution in [0.5, 0.6) is 17.2 Å². The van der Waals surface area contributed by atoms with Gasteiger partial charge in [0.1, 0.15) is 47.0 Å². The van der Waals surface area contributed by atoms with Gasteiger partial charge in [0.05, 0.1) is 14.2 Å². The third-order valence-electron chi connectivity index (χ3n) is 7.59. The van der Waals surface area contributed by atoms with E-state index < -0.39 is 0 Å². The van der Waals surface area contributed by atoms with E-state index in [1.807, 2.05) is 42.5 Å². The number of anilines is 2. The van der Waals surface area contributed by atoms with E-state index >= 15 is 0 Å². The van der Waals surface area contributed by atoms with Crippen molar-refractivity contribution < 1.29 is 14.2 Å². The van der Waals surface area contributed by atoms with Gasteiger partial charge in [0, 0.05) is 29.8 Å². The molecule has 2 N–H and O–H groups in total. The average Bonchev–Trinajstić information content (AvgIpc) is 3.84. The molecule has 1 fully saturated rings. The lowest BCUT2D eigenvalue weighted by Gasteiger charge is -2.19. The van der Waals surface area contributed by atoms with E-state index in [0.29, 0.717) is 30.5 Å². The van der Waals surface area contributed by atoms with Crippen LogP contribution in [0.15, 0.2) is 73.1 Å². The molecule has 8 heteroatoms. The van der Waals surface area contributed by atoms with Gasteiger partial charge in [0.2, 0.25) is 0 Å². The summed E-state index contributed by atoms with van der Waals surface area (Å²) in [5.41, 5.74) is 7.88. The second-order valence-corrected chi connectivity index (χ2v) is 10.6. The predicted octanol–water partition coefficient (Wildman–Crippen LogP) is 7.09. The standard InChI is InChI=1S/C34H35N5O3/c1-21-10-15-28(42-19-23-8-6-5-7-9-23)22(2)31(21)27-17-30(38-25-12-13-25)39-33-32(27)36-20-37-34(33)35-18-24-11-14-26(40-3)16-29(24)41-4/h5-11,14-17,20,25H,12-13,18-19H2,1-4H3,(H,38,39)(H,35,36,37). The number of hydrogen-bond donors (Lipinski definition) is 2. The Morgan fingerprint density at radius 2 is 1.69 bits per heavy atom. The molecule has 0 saturated heterocycles. The Balaban J connectivity index is 1.40. The molecule has 0 spiro atoms. The Kier molecular flexibility index (Phi) is 7.77. The van der Waals surface area contributed by atoms with E-state index in [1.54, 1.807) is 20.5 Å². The summed E-state index contributed by atoms with van der Waals surface area (Å²) in [6.07, 6.45) is 3.88. The summed E-state index contributed by atoms with van der Waals surface area (Å²) in [7, 11) is 3.30. The fraction of sp³-hybridized carbons (Fsp3) is 0.265. The smallest absolute Gasteiger partial charge is 0.156 e. The largest absolute Gasteiger partial charge is 0.497 e. The normalized spacial score (nSPS) is 12.7. The maximum Gasteiger partial charge on any atom is 0.156 e. The second-order valence-electron chi connectivity index (χ2n) is 10.6. The molecule has 1 aliphatic carbocycles. The summed E-state index contributed by atoms with van der Waals surface area (Å²) >= 11 is 0. The molecule has 0 atom stereocenters. The van der Waals surface area contributed by atoms with Gasteiger partial charge >= 0.3 is 0 Å². The van der Waals surface area contributed by atoms with Gasteiger partial charge in [-0.25, -0.2) is 15.0 Å². The van der Waals surface area contributed by atoms with Crippen molar-refractivity contribution in [1.82, 2.24) is 15.0 Å². The molecule has 42 heavy (non-hydrogen) atoms. The highest BCUT2D eigenvalue weighted by atomic mass is 16.5. The molecule has 0 aliphatic heterocycles. The van der Waals surface area contributed by atoms with Gasteiger partial charge in [0.15, 0.2) is 5.82 Å². The third-order valence-corrected chi connectivity index (χ3v) is 7.59. The minimum absolute atomic E-state index is 0.440. The number of benzene rings is 3. The zero-order valence-electron chi connectivity index (χ0n) is 24.4. The molecule has 0 radical (unpaired) electrons. The highest BCUT2D eigenvalue weighted by Gasteiger charge is 2.24. The second kappa shape index (κ2) is 11.9. The van der Waals surface area contributed by atoms with Crippen LogP contribution in [-0.2, 0) is 13.2 Å². The van der Waals surface area contributed by atoms with Gasteiger partial charge < -0.3 is 24.8 Å². The fourth-order valence-electron chi connectivity index (χ4n) is 5.18. The summed E-state index contributed by atoms with van der Waals surface area (Å²) in [4.78, 5) is 14.4. The van der Waals surface area contributed by atoms with Gasteiger partial charge in [-0.05, 0) is 73.2 Å². The van der Waals surface area contributed by atoms with Crippen LogP contribution in [0, 0.1) is 13.8 Å². The minimum atomic E-state index is 0.440. The maximum atomic E-state index is 6.31. The SMILES string of the molecule is COc1ccc(CNc2ncnc3c(-c4c(C)ccc(OCc5ccccc5)c4C)cc(NC4CC4)nc23)c(OC)c1. The molecule has 2 heterocycles. The Morgan fingerprint density at radius 3 is 2.45 bits per heavy atom. The number of fused-ring (bicyclic) bond motifs is 1. The van der Waals surface area contributed by atoms with E-state index in [0.717, 1.165) is 74.8 Å². The average molecular weight is 562 g/mol. The van der Waals surface area contributed by atoms with Crippen LogP contribution in [0.3, 0.4) is 0 Å². The van der Waals surface area contributed by atoms with Crippen LogP contribution in [0.2, 0.25) is 0 Å². The number of ether oxygens (including phenoxy) is 3. The molecule has 1 aliphatic rings. The van der Waals surface area contributed by atoms with E-state index in [1.165, 1.54) is 0 Å². The molecule has 2 aromatic heterocycles. The number of nitrogens with zero attached hydrogens (tertiary/aromatic N) is 3. The number of hydrogen-bond acceptors (Lipinski definition) is 8. The zero-order valence-corrected chi connectivity index (χ0v) is 24.4. The highest BCUT2D eigenvalue weighted by Crippen LogP contribution is 2.39. The molecule has 0 unspecified atom stereocenters. The van der Waals surface area contributed by atoms with Crippen molar-refractivity contribution in [2.24, 2.45) is 0 Å². The van der Waals surface area contributed by atoms with Crippen molar-refractivity contribution in [3.63, 3.8) is 0 Å². The number of aryl methyl sites for hydroxylation is 1. The highest BCUT2D eigenvalue weighted by molar-refractivity contribution is 5.99. The summed E-state index contributed by atoms with van der Waals surface area (Å²) in [6, 6.07) is 22.7. The van der Waals surface area contributed by atoms with Crippen molar-refractivity contribution in [2.45, 2.75) is 45.9 Å². The number of pyridine rings is 1.